The third-order valence-electron chi connectivity index (χ3n) is 7.05. The summed E-state index contributed by atoms with van der Waals surface area (Å²) < 4.78 is 1.92. The lowest BCUT2D eigenvalue weighted by atomic mass is 10.1. The highest BCUT2D eigenvalue weighted by molar-refractivity contribution is 6.05. The van der Waals surface area contributed by atoms with Gasteiger partial charge in [-0.25, -0.2) is 4.68 Å². The lowest BCUT2D eigenvalue weighted by molar-refractivity contribution is -0.119. The van der Waals surface area contributed by atoms with Crippen molar-refractivity contribution >= 4 is 39.7 Å². The van der Waals surface area contributed by atoms with E-state index in [2.05, 4.69) is 44.9 Å². The van der Waals surface area contributed by atoms with Crippen LogP contribution in [-0.4, -0.2) is 41.1 Å². The average Bonchev–Trinajstić information content (AvgIpc) is 3.65. The van der Waals surface area contributed by atoms with E-state index in [0.717, 1.165) is 59.2 Å². The van der Waals surface area contributed by atoms with E-state index in [9.17, 15) is 9.59 Å². The summed E-state index contributed by atoms with van der Waals surface area (Å²) in [6.07, 6.45) is 5.67. The predicted octanol–water partition coefficient (Wildman–Crippen LogP) is 5.27. The summed E-state index contributed by atoms with van der Waals surface area (Å²) in [5.41, 5.74) is 5.47. The molecule has 7 heteroatoms. The number of ketones is 1. The standard InChI is InChI=1S/C29H29N5O2/c35-27-13-15-33(16-14-27)25-8-3-21(4-9-25)29(36)32-24-7-12-28-22(17-24)19-31-34(28)26-10-5-23(6-11-26)30-18-20-1-2-20/h3-12,17,19-20,30H,1-2,13-16,18H2,(H,32,36). The van der Waals surface area contributed by atoms with E-state index in [1.165, 1.54) is 12.8 Å². The number of hydrogen-bond acceptors (Lipinski definition) is 5. The molecule has 1 aliphatic heterocycles. The van der Waals surface area contributed by atoms with Gasteiger partial charge in [-0.2, -0.15) is 5.10 Å². The zero-order chi connectivity index (χ0) is 24.5. The Kier molecular flexibility index (Phi) is 5.89. The van der Waals surface area contributed by atoms with E-state index in [4.69, 9.17) is 0 Å². The maximum atomic E-state index is 12.8. The normalized spacial score (nSPS) is 15.8. The second-order valence-electron chi connectivity index (χ2n) is 9.73. The van der Waals surface area contributed by atoms with Crippen molar-refractivity contribution in [3.8, 4) is 5.69 Å². The van der Waals surface area contributed by atoms with Gasteiger partial charge in [0.2, 0.25) is 0 Å². The molecule has 4 aromatic rings. The fourth-order valence-electron chi connectivity index (χ4n) is 4.66. The number of amides is 1. The van der Waals surface area contributed by atoms with Crippen molar-refractivity contribution in [2.75, 3.05) is 35.2 Å². The molecule has 182 valence electrons. The molecule has 0 unspecified atom stereocenters. The minimum Gasteiger partial charge on any atom is -0.385 e. The minimum atomic E-state index is -0.156. The number of carbonyl (C=O) groups excluding carboxylic acids is 2. The van der Waals surface area contributed by atoms with E-state index in [-0.39, 0.29) is 5.91 Å². The van der Waals surface area contributed by atoms with Gasteiger partial charge in [0.1, 0.15) is 5.78 Å². The number of rotatable bonds is 7. The van der Waals surface area contributed by atoms with Crippen LogP contribution in [0.4, 0.5) is 17.1 Å². The van der Waals surface area contributed by atoms with Gasteiger partial charge in [-0.1, -0.05) is 0 Å². The van der Waals surface area contributed by atoms with E-state index < -0.39 is 0 Å². The van der Waals surface area contributed by atoms with Gasteiger partial charge < -0.3 is 15.5 Å². The summed E-state index contributed by atoms with van der Waals surface area (Å²) in [7, 11) is 0. The van der Waals surface area contributed by atoms with Crippen LogP contribution in [0.2, 0.25) is 0 Å². The first-order valence-corrected chi connectivity index (χ1v) is 12.6. The SMILES string of the molecule is O=C1CCN(c2ccc(C(=O)Nc3ccc4c(cnn4-c4ccc(NCC5CC5)cc4)c3)cc2)CC1. The predicted molar refractivity (Wildman–Crippen MR) is 143 cm³/mol. The van der Waals surface area contributed by atoms with Crippen LogP contribution in [0.5, 0.6) is 0 Å². The molecule has 1 saturated carbocycles. The monoisotopic (exact) mass is 479 g/mol. The van der Waals surface area contributed by atoms with Crippen molar-refractivity contribution in [2.45, 2.75) is 25.7 Å². The van der Waals surface area contributed by atoms with E-state index in [0.29, 0.717) is 24.2 Å². The maximum absolute atomic E-state index is 12.8. The van der Waals surface area contributed by atoms with E-state index >= 15 is 0 Å². The first-order chi connectivity index (χ1) is 17.6. The first kappa shape index (κ1) is 22.3. The molecule has 0 bridgehead atoms. The number of fused-ring (bicyclic) bond motifs is 1. The summed E-state index contributed by atoms with van der Waals surface area (Å²) in [5.74, 6) is 0.997. The fourth-order valence-corrected chi connectivity index (χ4v) is 4.66. The highest BCUT2D eigenvalue weighted by atomic mass is 16.1. The van der Waals surface area contributed by atoms with Gasteiger partial charge in [0, 0.05) is 60.5 Å². The Bertz CT molecular complexity index is 1390. The number of Topliss-reactive ketones (excluding diaryl/α,β-unsaturated/α-hetero) is 1. The van der Waals surface area contributed by atoms with Crippen LogP contribution < -0.4 is 15.5 Å². The molecule has 0 radical (unpaired) electrons. The van der Waals surface area contributed by atoms with Crippen LogP contribution in [0.25, 0.3) is 16.6 Å². The summed E-state index contributed by atoms with van der Waals surface area (Å²) >= 11 is 0. The number of piperidine rings is 1. The van der Waals surface area contributed by atoms with Crippen molar-refractivity contribution in [2.24, 2.45) is 5.92 Å². The molecule has 36 heavy (non-hydrogen) atoms. The van der Waals surface area contributed by atoms with Gasteiger partial charge in [0.25, 0.3) is 5.91 Å². The fraction of sp³-hybridized carbons (Fsp3) is 0.276. The van der Waals surface area contributed by atoms with Crippen LogP contribution in [0.3, 0.4) is 0 Å². The lowest BCUT2D eigenvalue weighted by Crippen LogP contribution is -2.33. The van der Waals surface area contributed by atoms with Gasteiger partial charge in [-0.15, -0.1) is 0 Å². The van der Waals surface area contributed by atoms with Gasteiger partial charge in [0.15, 0.2) is 0 Å². The Balaban J connectivity index is 1.12. The third kappa shape index (κ3) is 4.82. The van der Waals surface area contributed by atoms with E-state index in [1.807, 2.05) is 53.3 Å². The van der Waals surface area contributed by atoms with E-state index in [1.54, 1.807) is 0 Å². The topological polar surface area (TPSA) is 79.3 Å². The van der Waals surface area contributed by atoms with Crippen LogP contribution in [0.15, 0.2) is 72.9 Å². The molecule has 0 atom stereocenters. The third-order valence-corrected chi connectivity index (χ3v) is 7.05. The number of aromatic nitrogens is 2. The summed E-state index contributed by atoms with van der Waals surface area (Å²) in [6, 6.07) is 21.7. The highest BCUT2D eigenvalue weighted by Gasteiger charge is 2.20. The molecule has 0 spiro atoms. The Labute approximate surface area is 210 Å². The van der Waals surface area contributed by atoms with Gasteiger partial charge in [0.05, 0.1) is 17.4 Å². The highest BCUT2D eigenvalue weighted by Crippen LogP contribution is 2.29. The molecule has 3 aromatic carbocycles. The Morgan fingerprint density at radius 1 is 0.889 bits per heavy atom. The summed E-state index contributed by atoms with van der Waals surface area (Å²) in [6.45, 7) is 2.52. The Morgan fingerprint density at radius 2 is 1.58 bits per heavy atom. The number of nitrogens with zero attached hydrogens (tertiary/aromatic N) is 3. The molecule has 1 aromatic heterocycles. The molecule has 1 aliphatic carbocycles. The van der Waals surface area contributed by atoms with Crippen LogP contribution in [-0.2, 0) is 4.79 Å². The quantitative estimate of drug-likeness (QED) is 0.378. The number of anilines is 3. The van der Waals surface area contributed by atoms with Crippen LogP contribution >= 0.6 is 0 Å². The van der Waals surface area contributed by atoms with Crippen molar-refractivity contribution in [1.29, 1.82) is 0 Å². The molecule has 2 aliphatic rings. The molecule has 1 amide bonds. The molecule has 2 fully saturated rings. The lowest BCUT2D eigenvalue weighted by Gasteiger charge is -2.28. The van der Waals surface area contributed by atoms with Gasteiger partial charge in [-0.3, -0.25) is 9.59 Å². The van der Waals surface area contributed by atoms with Crippen molar-refractivity contribution in [3.63, 3.8) is 0 Å². The summed E-state index contributed by atoms with van der Waals surface area (Å²) in [4.78, 5) is 26.5. The second kappa shape index (κ2) is 9.49. The molecule has 1 saturated heterocycles. The second-order valence-corrected chi connectivity index (χ2v) is 9.73. The van der Waals surface area contributed by atoms with Crippen molar-refractivity contribution in [1.82, 2.24) is 9.78 Å². The first-order valence-electron chi connectivity index (χ1n) is 12.6. The van der Waals surface area contributed by atoms with Crippen molar-refractivity contribution in [3.05, 3.63) is 78.5 Å². The maximum Gasteiger partial charge on any atom is 0.255 e. The zero-order valence-electron chi connectivity index (χ0n) is 20.1. The molecular weight excluding hydrogens is 450 g/mol. The molecular formula is C29H29N5O2. The molecule has 7 nitrogen and oxygen atoms in total. The van der Waals surface area contributed by atoms with Gasteiger partial charge >= 0.3 is 0 Å². The van der Waals surface area contributed by atoms with Crippen LogP contribution in [0.1, 0.15) is 36.0 Å². The Morgan fingerprint density at radius 3 is 2.31 bits per heavy atom. The minimum absolute atomic E-state index is 0.156. The largest absolute Gasteiger partial charge is 0.385 e. The number of nitrogens with one attached hydrogen (secondary N) is 2. The number of carbonyl (C=O) groups is 2. The zero-order valence-corrected chi connectivity index (χ0v) is 20.1. The smallest absolute Gasteiger partial charge is 0.255 e. The average molecular weight is 480 g/mol. The molecule has 2 heterocycles. The number of benzene rings is 3. The molecule has 2 N–H and O–H groups in total. The number of hydrogen-bond donors (Lipinski definition) is 2. The van der Waals surface area contributed by atoms with Crippen LogP contribution in [0, 0.1) is 5.92 Å². The van der Waals surface area contributed by atoms with Crippen molar-refractivity contribution < 1.29 is 9.59 Å². The molecule has 6 rings (SSSR count). The Hall–Kier alpha value is -4.13. The summed E-state index contributed by atoms with van der Waals surface area (Å²) in [5, 5.41) is 12.0. The van der Waals surface area contributed by atoms with Gasteiger partial charge in [-0.05, 0) is 85.5 Å².